The number of hydrogen-bond acceptors (Lipinski definition) is 3. The van der Waals surface area contributed by atoms with Crippen LogP contribution in [0.4, 0.5) is 5.69 Å². The van der Waals surface area contributed by atoms with Gasteiger partial charge in [-0.3, -0.25) is 9.59 Å². The standard InChI is InChI=1S/C16H22ClN3O2.ClH/c1-10(2)19-16(22)13-6-5-12(17)8-14(13)20-15(21)11-4-3-7-18-9-11;/h5-6,8,10-11,18H,3-4,7,9H2,1-2H3,(H,19,22)(H,20,21);1H. The van der Waals surface area contributed by atoms with E-state index < -0.39 is 0 Å². The van der Waals surface area contributed by atoms with Crippen molar-refractivity contribution in [3.63, 3.8) is 0 Å². The summed E-state index contributed by atoms with van der Waals surface area (Å²) in [5.41, 5.74) is 0.886. The van der Waals surface area contributed by atoms with Crippen LogP contribution in [0.2, 0.25) is 5.02 Å². The maximum Gasteiger partial charge on any atom is 0.253 e. The molecule has 2 rings (SSSR count). The van der Waals surface area contributed by atoms with Crippen LogP contribution in [0.5, 0.6) is 0 Å². The van der Waals surface area contributed by atoms with Crippen LogP contribution in [0.25, 0.3) is 0 Å². The minimum atomic E-state index is -0.219. The molecule has 7 heteroatoms. The van der Waals surface area contributed by atoms with E-state index in [-0.39, 0.29) is 36.2 Å². The first-order chi connectivity index (χ1) is 10.5. The molecule has 0 bridgehead atoms. The van der Waals surface area contributed by atoms with Crippen LogP contribution in [0.3, 0.4) is 0 Å². The highest BCUT2D eigenvalue weighted by molar-refractivity contribution is 6.31. The molecule has 128 valence electrons. The summed E-state index contributed by atoms with van der Waals surface area (Å²) < 4.78 is 0. The first kappa shape index (κ1) is 19.7. The van der Waals surface area contributed by atoms with Crippen molar-refractivity contribution in [2.75, 3.05) is 18.4 Å². The summed E-state index contributed by atoms with van der Waals surface area (Å²) in [6, 6.07) is 4.92. The molecule has 0 spiro atoms. The minimum Gasteiger partial charge on any atom is -0.350 e. The largest absolute Gasteiger partial charge is 0.350 e. The second kappa shape index (κ2) is 9.11. The fourth-order valence-electron chi connectivity index (χ4n) is 2.47. The fourth-order valence-corrected chi connectivity index (χ4v) is 2.64. The van der Waals surface area contributed by atoms with Gasteiger partial charge in [-0.1, -0.05) is 11.6 Å². The molecule has 1 saturated heterocycles. The molecule has 0 aromatic heterocycles. The van der Waals surface area contributed by atoms with E-state index in [4.69, 9.17) is 11.6 Å². The second-order valence-electron chi connectivity index (χ2n) is 5.85. The quantitative estimate of drug-likeness (QED) is 0.773. The Bertz CT molecular complexity index is 558. The first-order valence-corrected chi connectivity index (χ1v) is 7.97. The monoisotopic (exact) mass is 359 g/mol. The van der Waals surface area contributed by atoms with E-state index in [1.165, 1.54) is 0 Å². The van der Waals surface area contributed by atoms with Crippen molar-refractivity contribution in [3.8, 4) is 0 Å². The number of anilines is 1. The summed E-state index contributed by atoms with van der Waals surface area (Å²) in [6.45, 7) is 5.39. The lowest BCUT2D eigenvalue weighted by molar-refractivity contribution is -0.120. The summed E-state index contributed by atoms with van der Waals surface area (Å²) in [7, 11) is 0. The Kier molecular flexibility index (Phi) is 7.82. The van der Waals surface area contributed by atoms with Crippen molar-refractivity contribution in [3.05, 3.63) is 28.8 Å². The maximum atomic E-state index is 12.3. The van der Waals surface area contributed by atoms with Crippen LogP contribution in [0.15, 0.2) is 18.2 Å². The van der Waals surface area contributed by atoms with Gasteiger partial charge in [-0.15, -0.1) is 12.4 Å². The number of hydrogen-bond donors (Lipinski definition) is 3. The predicted octanol–water partition coefficient (Wildman–Crippen LogP) is 2.84. The lowest BCUT2D eigenvalue weighted by Crippen LogP contribution is -2.37. The molecule has 1 aromatic carbocycles. The van der Waals surface area contributed by atoms with E-state index in [1.54, 1.807) is 18.2 Å². The molecule has 1 unspecified atom stereocenters. The Labute approximate surface area is 148 Å². The van der Waals surface area contributed by atoms with Gasteiger partial charge >= 0.3 is 0 Å². The van der Waals surface area contributed by atoms with Crippen molar-refractivity contribution in [2.24, 2.45) is 5.92 Å². The van der Waals surface area contributed by atoms with E-state index in [2.05, 4.69) is 16.0 Å². The molecule has 1 aliphatic rings. The van der Waals surface area contributed by atoms with E-state index >= 15 is 0 Å². The van der Waals surface area contributed by atoms with Crippen LogP contribution in [0.1, 0.15) is 37.0 Å². The minimum absolute atomic E-state index is 0. The lowest BCUT2D eigenvalue weighted by Gasteiger charge is -2.22. The number of benzene rings is 1. The Morgan fingerprint density at radius 3 is 2.70 bits per heavy atom. The molecule has 2 amide bonds. The summed E-state index contributed by atoms with van der Waals surface area (Å²) in [4.78, 5) is 24.6. The second-order valence-corrected chi connectivity index (χ2v) is 6.29. The zero-order valence-corrected chi connectivity index (χ0v) is 14.9. The van der Waals surface area contributed by atoms with Crippen LogP contribution in [-0.4, -0.2) is 30.9 Å². The first-order valence-electron chi connectivity index (χ1n) is 7.59. The molecule has 3 N–H and O–H groups in total. The number of carbonyl (C=O) groups is 2. The third-order valence-electron chi connectivity index (χ3n) is 3.57. The van der Waals surface area contributed by atoms with Gasteiger partial charge in [-0.2, -0.15) is 0 Å². The number of rotatable bonds is 4. The van der Waals surface area contributed by atoms with Gasteiger partial charge in [-0.25, -0.2) is 0 Å². The molecule has 1 heterocycles. The zero-order chi connectivity index (χ0) is 16.1. The fraction of sp³-hybridized carbons (Fsp3) is 0.500. The van der Waals surface area contributed by atoms with Crippen molar-refractivity contribution in [2.45, 2.75) is 32.7 Å². The molecule has 5 nitrogen and oxygen atoms in total. The van der Waals surface area contributed by atoms with E-state index in [0.29, 0.717) is 22.8 Å². The third kappa shape index (κ3) is 5.68. The molecule has 0 saturated carbocycles. The normalized spacial score (nSPS) is 17.3. The molecule has 1 fully saturated rings. The summed E-state index contributed by atoms with van der Waals surface area (Å²) in [5.74, 6) is -0.370. The van der Waals surface area contributed by atoms with Crippen molar-refractivity contribution >= 4 is 41.5 Å². The average Bonchev–Trinajstić information content (AvgIpc) is 2.47. The van der Waals surface area contributed by atoms with E-state index in [1.807, 2.05) is 13.8 Å². The van der Waals surface area contributed by atoms with Crippen molar-refractivity contribution in [1.82, 2.24) is 10.6 Å². The summed E-state index contributed by atoms with van der Waals surface area (Å²) in [5, 5.41) is 9.37. The zero-order valence-electron chi connectivity index (χ0n) is 13.3. The third-order valence-corrected chi connectivity index (χ3v) is 3.81. The highest BCUT2D eigenvalue weighted by Crippen LogP contribution is 2.23. The molecule has 1 atom stereocenters. The topological polar surface area (TPSA) is 70.2 Å². The summed E-state index contributed by atoms with van der Waals surface area (Å²) >= 11 is 6.00. The van der Waals surface area contributed by atoms with Gasteiger partial charge in [0.1, 0.15) is 0 Å². The number of piperidine rings is 1. The Hall–Kier alpha value is -1.30. The molecule has 1 aromatic rings. The number of carbonyl (C=O) groups excluding carboxylic acids is 2. The highest BCUT2D eigenvalue weighted by atomic mass is 35.5. The maximum absolute atomic E-state index is 12.3. The van der Waals surface area contributed by atoms with Gasteiger partial charge < -0.3 is 16.0 Å². The van der Waals surface area contributed by atoms with Crippen LogP contribution < -0.4 is 16.0 Å². The van der Waals surface area contributed by atoms with Gasteiger partial charge in [0.15, 0.2) is 0 Å². The van der Waals surface area contributed by atoms with Gasteiger partial charge in [0, 0.05) is 17.6 Å². The molecule has 23 heavy (non-hydrogen) atoms. The Balaban J connectivity index is 0.00000264. The van der Waals surface area contributed by atoms with Gasteiger partial charge in [0.05, 0.1) is 17.2 Å². The number of halogens is 2. The van der Waals surface area contributed by atoms with Gasteiger partial charge in [0.25, 0.3) is 5.91 Å². The molecule has 0 aliphatic carbocycles. The summed E-state index contributed by atoms with van der Waals surface area (Å²) in [6.07, 6.45) is 1.83. The number of nitrogens with one attached hydrogen (secondary N) is 3. The molecule has 1 aliphatic heterocycles. The van der Waals surface area contributed by atoms with Gasteiger partial charge in [-0.05, 0) is 51.4 Å². The molecule has 0 radical (unpaired) electrons. The van der Waals surface area contributed by atoms with Crippen molar-refractivity contribution in [1.29, 1.82) is 0 Å². The Morgan fingerprint density at radius 2 is 2.09 bits per heavy atom. The van der Waals surface area contributed by atoms with Gasteiger partial charge in [0.2, 0.25) is 5.91 Å². The van der Waals surface area contributed by atoms with Crippen LogP contribution in [-0.2, 0) is 4.79 Å². The highest BCUT2D eigenvalue weighted by Gasteiger charge is 2.22. The smallest absolute Gasteiger partial charge is 0.253 e. The van der Waals surface area contributed by atoms with Crippen molar-refractivity contribution < 1.29 is 9.59 Å². The Morgan fingerprint density at radius 1 is 1.35 bits per heavy atom. The van der Waals surface area contributed by atoms with E-state index in [0.717, 1.165) is 19.4 Å². The lowest BCUT2D eigenvalue weighted by atomic mass is 9.98. The number of amides is 2. The molecular weight excluding hydrogens is 337 g/mol. The molecular formula is C16H23Cl2N3O2. The predicted molar refractivity (Wildman–Crippen MR) is 95.5 cm³/mol. The van der Waals surface area contributed by atoms with Crippen LogP contribution >= 0.6 is 24.0 Å². The van der Waals surface area contributed by atoms with Crippen LogP contribution in [0, 0.1) is 5.92 Å². The SMILES string of the molecule is CC(C)NC(=O)c1ccc(Cl)cc1NC(=O)C1CCCNC1.Cl. The average molecular weight is 360 g/mol. The van der Waals surface area contributed by atoms with E-state index in [9.17, 15) is 9.59 Å².